The highest BCUT2D eigenvalue weighted by molar-refractivity contribution is 9.10. The van der Waals surface area contributed by atoms with Gasteiger partial charge in [0, 0.05) is 6.42 Å². The molecule has 2 aromatic rings. The summed E-state index contributed by atoms with van der Waals surface area (Å²) in [6.45, 7) is 18.1. The van der Waals surface area contributed by atoms with Crippen molar-refractivity contribution in [2.45, 2.75) is 91.5 Å². The van der Waals surface area contributed by atoms with Crippen LogP contribution in [0.1, 0.15) is 91.7 Å². The predicted octanol–water partition coefficient (Wildman–Crippen LogP) is 7.77. The lowest BCUT2D eigenvalue weighted by molar-refractivity contribution is -0.117. The molecule has 0 spiro atoms. The van der Waals surface area contributed by atoms with Crippen LogP contribution in [0.15, 0.2) is 57.8 Å². The third-order valence-electron chi connectivity index (χ3n) is 4.61. The number of carbonyl (C=O) groups excluding carboxylic acids is 3. The van der Waals surface area contributed by atoms with E-state index in [1.54, 1.807) is 39.0 Å². The Bertz CT molecular complexity index is 1080. The molecule has 0 unspecified atom stereocenters. The number of hydrogen-bond acceptors (Lipinski definition) is 7. The number of alkyl carbamates (subject to hydrolysis) is 2. The zero-order chi connectivity index (χ0) is 30.7. The molecule has 2 rings (SSSR count). The van der Waals surface area contributed by atoms with Crippen molar-refractivity contribution in [2.75, 3.05) is 0 Å². The van der Waals surface area contributed by atoms with Crippen LogP contribution in [-0.2, 0) is 14.3 Å². The maximum Gasteiger partial charge on any atom is 0.408 e. The molecule has 0 aliphatic rings. The monoisotopic (exact) mass is 682 g/mol. The van der Waals surface area contributed by atoms with E-state index in [9.17, 15) is 14.4 Å². The van der Waals surface area contributed by atoms with E-state index in [-0.39, 0.29) is 18.2 Å². The number of pyridine rings is 2. The van der Waals surface area contributed by atoms with Gasteiger partial charge in [-0.3, -0.25) is 4.79 Å². The number of aromatic nitrogens is 2. The van der Waals surface area contributed by atoms with Gasteiger partial charge in [0.05, 0.1) is 23.5 Å². The summed E-state index contributed by atoms with van der Waals surface area (Å²) >= 11 is 6.61. The first kappa shape index (κ1) is 35.2. The van der Waals surface area contributed by atoms with Crippen molar-refractivity contribution < 1.29 is 23.9 Å². The molecule has 0 fully saturated rings. The minimum Gasteiger partial charge on any atom is -0.444 e. The van der Waals surface area contributed by atoms with Gasteiger partial charge in [-0.05, 0) is 118 Å². The number of amides is 2. The second-order valence-corrected chi connectivity index (χ2v) is 12.9. The van der Waals surface area contributed by atoms with Crippen molar-refractivity contribution in [1.29, 1.82) is 0 Å². The standard InChI is InChI=1S/C15H21BrN2O2.C14H19BrN2O3/c1-10(2)9-12(11-7-6-8-13(16)17-11)18-14(19)20-15(3,4)5;1-9(18)8-11(10-6-5-7-12(15)16-10)17-13(19)20-14(2,3)4/h6-8,12H,1,9H2,2-5H3,(H,18,19);5-7,11H,8H2,1-4H3,(H,17,19)/t12-;11-/m00/s1. The Labute approximate surface area is 254 Å². The van der Waals surface area contributed by atoms with E-state index in [1.807, 2.05) is 45.9 Å². The Hall–Kier alpha value is -2.79. The topological polar surface area (TPSA) is 120 Å². The van der Waals surface area contributed by atoms with Crippen LogP contribution in [0.3, 0.4) is 0 Å². The summed E-state index contributed by atoms with van der Waals surface area (Å²) < 4.78 is 11.9. The lowest BCUT2D eigenvalue weighted by atomic mass is 10.1. The lowest BCUT2D eigenvalue weighted by Crippen LogP contribution is -2.36. The van der Waals surface area contributed by atoms with Gasteiger partial charge < -0.3 is 20.1 Å². The van der Waals surface area contributed by atoms with E-state index < -0.39 is 29.4 Å². The fourth-order valence-electron chi connectivity index (χ4n) is 3.23. The Morgan fingerprint density at radius 3 is 1.45 bits per heavy atom. The van der Waals surface area contributed by atoms with Crippen molar-refractivity contribution in [3.05, 3.63) is 69.1 Å². The molecule has 2 atom stereocenters. The molecular weight excluding hydrogens is 644 g/mol. The quantitative estimate of drug-likeness (QED) is 0.216. The zero-order valence-corrected chi connectivity index (χ0v) is 27.6. The van der Waals surface area contributed by atoms with E-state index in [0.717, 1.165) is 15.9 Å². The number of rotatable bonds is 8. The number of hydrogen-bond donors (Lipinski definition) is 2. The molecule has 0 bridgehead atoms. The molecule has 11 heteroatoms. The first-order chi connectivity index (χ1) is 18.3. The molecule has 2 amide bonds. The molecule has 0 aromatic carbocycles. The maximum absolute atomic E-state index is 11.9. The summed E-state index contributed by atoms with van der Waals surface area (Å²) in [7, 11) is 0. The van der Waals surface area contributed by atoms with Gasteiger partial charge in [-0.2, -0.15) is 0 Å². The summed E-state index contributed by atoms with van der Waals surface area (Å²) in [6.07, 6.45) is -0.234. The summed E-state index contributed by atoms with van der Waals surface area (Å²) in [6, 6.07) is 10.2. The van der Waals surface area contributed by atoms with Gasteiger partial charge in [-0.15, -0.1) is 6.58 Å². The molecular formula is C29H40Br2N4O5. The van der Waals surface area contributed by atoms with Crippen LogP contribution in [0, 0.1) is 0 Å². The smallest absolute Gasteiger partial charge is 0.408 e. The van der Waals surface area contributed by atoms with Gasteiger partial charge in [0.15, 0.2) is 0 Å². The first-order valence-corrected chi connectivity index (χ1v) is 14.3. The van der Waals surface area contributed by atoms with Gasteiger partial charge >= 0.3 is 12.2 Å². The molecule has 0 radical (unpaired) electrons. The highest BCUT2D eigenvalue weighted by Crippen LogP contribution is 2.22. The highest BCUT2D eigenvalue weighted by atomic mass is 79.9. The zero-order valence-electron chi connectivity index (χ0n) is 24.4. The van der Waals surface area contributed by atoms with Crippen molar-refractivity contribution in [3.63, 3.8) is 0 Å². The van der Waals surface area contributed by atoms with Crippen LogP contribution in [0.2, 0.25) is 0 Å². The van der Waals surface area contributed by atoms with E-state index >= 15 is 0 Å². The Morgan fingerprint density at radius 2 is 1.15 bits per heavy atom. The summed E-state index contributed by atoms with van der Waals surface area (Å²) in [5.74, 6) is -0.0344. The maximum atomic E-state index is 11.9. The molecule has 0 saturated heterocycles. The number of ketones is 1. The second-order valence-electron chi connectivity index (χ2n) is 11.2. The molecule has 0 aliphatic carbocycles. The van der Waals surface area contributed by atoms with Crippen LogP contribution < -0.4 is 10.6 Å². The molecule has 2 N–H and O–H groups in total. The van der Waals surface area contributed by atoms with E-state index in [0.29, 0.717) is 16.7 Å². The summed E-state index contributed by atoms with van der Waals surface area (Å²) in [5, 5.41) is 5.53. The van der Waals surface area contributed by atoms with Crippen LogP contribution in [-0.4, -0.2) is 39.1 Å². The van der Waals surface area contributed by atoms with Gasteiger partial charge in [0.1, 0.15) is 26.2 Å². The minimum absolute atomic E-state index is 0.0344. The average Bonchev–Trinajstić information content (AvgIpc) is 2.75. The van der Waals surface area contributed by atoms with Crippen molar-refractivity contribution >= 4 is 49.8 Å². The normalized spacial score (nSPS) is 12.7. The molecule has 0 aliphatic heterocycles. The summed E-state index contributed by atoms with van der Waals surface area (Å²) in [5.41, 5.74) is 1.24. The number of nitrogens with zero attached hydrogens (tertiary/aromatic N) is 2. The summed E-state index contributed by atoms with van der Waals surface area (Å²) in [4.78, 5) is 43.7. The van der Waals surface area contributed by atoms with E-state index in [1.165, 1.54) is 6.92 Å². The van der Waals surface area contributed by atoms with Gasteiger partial charge in [-0.25, -0.2) is 19.6 Å². The van der Waals surface area contributed by atoms with Crippen molar-refractivity contribution in [1.82, 2.24) is 20.6 Å². The van der Waals surface area contributed by atoms with Crippen molar-refractivity contribution in [3.8, 4) is 0 Å². The predicted molar refractivity (Wildman–Crippen MR) is 163 cm³/mol. The van der Waals surface area contributed by atoms with Crippen LogP contribution in [0.25, 0.3) is 0 Å². The molecule has 0 saturated carbocycles. The number of ether oxygens (including phenoxy) is 2. The molecule has 40 heavy (non-hydrogen) atoms. The van der Waals surface area contributed by atoms with E-state index in [4.69, 9.17) is 9.47 Å². The highest BCUT2D eigenvalue weighted by Gasteiger charge is 2.23. The van der Waals surface area contributed by atoms with Crippen LogP contribution >= 0.6 is 31.9 Å². The Kier molecular flexibility index (Phi) is 14.0. The fourth-order valence-corrected chi connectivity index (χ4v) is 3.95. The Morgan fingerprint density at radius 1 is 0.775 bits per heavy atom. The van der Waals surface area contributed by atoms with Gasteiger partial charge in [0.2, 0.25) is 0 Å². The third kappa shape index (κ3) is 15.7. The fraction of sp³-hybridized carbons (Fsp3) is 0.483. The lowest BCUT2D eigenvalue weighted by Gasteiger charge is -2.23. The number of halogens is 2. The van der Waals surface area contributed by atoms with E-state index in [2.05, 4.69) is 59.0 Å². The number of Topliss-reactive ketones (excluding diaryl/α,β-unsaturated/α-hetero) is 1. The van der Waals surface area contributed by atoms with Gasteiger partial charge in [0.25, 0.3) is 0 Å². The SMILES string of the molecule is C=C(C)C[C@H](NC(=O)OC(C)(C)C)c1cccc(Br)n1.CC(=O)C[C@H](NC(=O)OC(C)(C)C)c1cccc(Br)n1. The minimum atomic E-state index is -0.588. The second kappa shape index (κ2) is 15.9. The largest absolute Gasteiger partial charge is 0.444 e. The number of nitrogens with one attached hydrogen (secondary N) is 2. The average molecular weight is 684 g/mol. The third-order valence-corrected chi connectivity index (χ3v) is 5.50. The molecule has 220 valence electrons. The molecule has 9 nitrogen and oxygen atoms in total. The molecule has 2 aromatic heterocycles. The van der Waals surface area contributed by atoms with Gasteiger partial charge in [-0.1, -0.05) is 17.7 Å². The molecule has 2 heterocycles. The van der Waals surface area contributed by atoms with Crippen molar-refractivity contribution in [2.24, 2.45) is 0 Å². The van der Waals surface area contributed by atoms with Crippen LogP contribution in [0.4, 0.5) is 9.59 Å². The van der Waals surface area contributed by atoms with Crippen LogP contribution in [0.5, 0.6) is 0 Å². The Balaban J connectivity index is 0.000000400. The number of carbonyl (C=O) groups is 3. The first-order valence-electron chi connectivity index (χ1n) is 12.7.